The van der Waals surface area contributed by atoms with Gasteiger partial charge >= 0.3 is 132 Å². The SMILES string of the molecule is Ic1cc(-c2ccccc2)[te]c1-c1ccccc1. The summed E-state index contributed by atoms with van der Waals surface area (Å²) < 4.78 is 4.53. The molecule has 1 aromatic heterocycles. The Hall–Kier alpha value is -0.560. The first-order chi connectivity index (χ1) is 8.84. The van der Waals surface area contributed by atoms with E-state index in [1.165, 1.54) is 14.7 Å². The molecule has 1 heterocycles. The van der Waals surface area contributed by atoms with E-state index in [4.69, 9.17) is 0 Å². The molecule has 0 aliphatic rings. The Bertz CT molecular complexity index is 641. The van der Waals surface area contributed by atoms with Gasteiger partial charge in [0.2, 0.25) is 0 Å². The first-order valence-corrected chi connectivity index (χ1v) is 9.16. The molecule has 0 amide bonds. The van der Waals surface area contributed by atoms with Crippen molar-refractivity contribution in [2.45, 2.75) is 0 Å². The van der Waals surface area contributed by atoms with Crippen LogP contribution in [0.3, 0.4) is 0 Å². The van der Waals surface area contributed by atoms with Crippen molar-refractivity contribution >= 4 is 43.0 Å². The Morgan fingerprint density at radius 1 is 0.722 bits per heavy atom. The molecule has 0 N–H and O–H groups in total. The molecule has 0 saturated carbocycles. The second-order valence-corrected chi connectivity index (χ2v) is 8.19. The van der Waals surface area contributed by atoms with E-state index in [9.17, 15) is 0 Å². The van der Waals surface area contributed by atoms with Crippen LogP contribution in [0.15, 0.2) is 66.7 Å². The number of hydrogen-bond acceptors (Lipinski definition) is 0. The van der Waals surface area contributed by atoms with Crippen molar-refractivity contribution in [3.05, 3.63) is 70.3 Å². The van der Waals surface area contributed by atoms with Crippen molar-refractivity contribution in [1.82, 2.24) is 0 Å². The second kappa shape index (κ2) is 5.61. The van der Waals surface area contributed by atoms with E-state index in [0.717, 1.165) is 0 Å². The average Bonchev–Trinajstić information content (AvgIpc) is 2.83. The number of halogens is 1. The molecule has 0 bridgehead atoms. The molecule has 0 atom stereocenters. The van der Waals surface area contributed by atoms with E-state index in [2.05, 4.69) is 89.3 Å². The molecule has 2 aromatic carbocycles. The number of rotatable bonds is 2. The average molecular weight is 458 g/mol. The van der Waals surface area contributed by atoms with Gasteiger partial charge in [0.25, 0.3) is 0 Å². The molecule has 0 radical (unpaired) electrons. The molecule has 0 fully saturated rings. The van der Waals surface area contributed by atoms with E-state index >= 15 is 0 Å². The fraction of sp³-hybridized carbons (Fsp3) is 0. The van der Waals surface area contributed by atoms with Gasteiger partial charge < -0.3 is 0 Å². The third kappa shape index (κ3) is 2.56. The molecular weight excluding hydrogens is 447 g/mol. The van der Waals surface area contributed by atoms with Crippen LogP contribution in [-0.4, -0.2) is 20.4 Å². The number of benzene rings is 2. The van der Waals surface area contributed by atoms with E-state index in [1.807, 2.05) is 0 Å². The standard InChI is InChI=1S/C16H11ITe/c17-14-11-15(12-7-3-1-4-8-12)18-16(14)13-9-5-2-6-10-13/h1-11H. The first-order valence-electron chi connectivity index (χ1n) is 5.75. The molecule has 18 heavy (non-hydrogen) atoms. The van der Waals surface area contributed by atoms with Crippen LogP contribution >= 0.6 is 22.6 Å². The Labute approximate surface area is 130 Å². The van der Waals surface area contributed by atoms with Crippen LogP contribution in [0.25, 0.3) is 18.3 Å². The summed E-state index contributed by atoms with van der Waals surface area (Å²) >= 11 is 2.22. The van der Waals surface area contributed by atoms with Gasteiger partial charge in [-0.2, -0.15) is 0 Å². The van der Waals surface area contributed by atoms with Crippen molar-refractivity contribution in [2.24, 2.45) is 0 Å². The molecule has 0 nitrogen and oxygen atoms in total. The topological polar surface area (TPSA) is 0 Å². The third-order valence-corrected chi connectivity index (χ3v) is 8.29. The summed E-state index contributed by atoms with van der Waals surface area (Å²) in [4.78, 5) is 0. The Morgan fingerprint density at radius 3 is 1.89 bits per heavy atom. The van der Waals surface area contributed by atoms with E-state index in [1.54, 1.807) is 7.16 Å². The van der Waals surface area contributed by atoms with Gasteiger partial charge in [0, 0.05) is 0 Å². The quantitative estimate of drug-likeness (QED) is 0.387. The zero-order chi connectivity index (χ0) is 12.4. The molecule has 0 spiro atoms. The van der Waals surface area contributed by atoms with Crippen LogP contribution < -0.4 is 0 Å². The maximum atomic E-state index is 2.48. The molecule has 88 valence electrons. The zero-order valence-electron chi connectivity index (χ0n) is 9.64. The number of hydrogen-bond donors (Lipinski definition) is 0. The minimum absolute atomic E-state index is 0.252. The predicted octanol–water partition coefficient (Wildman–Crippen LogP) is 4.68. The van der Waals surface area contributed by atoms with Crippen LogP contribution in [0.1, 0.15) is 0 Å². The first kappa shape index (κ1) is 12.5. The predicted molar refractivity (Wildman–Crippen MR) is 87.0 cm³/mol. The molecule has 2 heteroatoms. The van der Waals surface area contributed by atoms with Gasteiger partial charge in [0.15, 0.2) is 0 Å². The minimum atomic E-state index is -0.252. The van der Waals surface area contributed by atoms with Crippen molar-refractivity contribution in [1.29, 1.82) is 0 Å². The Morgan fingerprint density at radius 2 is 1.28 bits per heavy atom. The maximum absolute atomic E-state index is 2.48. The van der Waals surface area contributed by atoms with E-state index < -0.39 is 0 Å². The van der Waals surface area contributed by atoms with Crippen molar-refractivity contribution < 1.29 is 0 Å². The summed E-state index contributed by atoms with van der Waals surface area (Å²) in [6.07, 6.45) is 0. The molecule has 3 rings (SSSR count). The van der Waals surface area contributed by atoms with Crippen molar-refractivity contribution in [2.75, 3.05) is 0 Å². The van der Waals surface area contributed by atoms with Gasteiger partial charge in [-0.05, 0) is 0 Å². The summed E-state index contributed by atoms with van der Waals surface area (Å²) in [5.41, 5.74) is 2.78. The van der Waals surface area contributed by atoms with E-state index in [0.29, 0.717) is 0 Å². The molecule has 3 aromatic rings. The molecule has 0 aliphatic carbocycles. The fourth-order valence-electron chi connectivity index (χ4n) is 1.90. The molecule has 0 unspecified atom stereocenters. The molecule has 0 aliphatic heterocycles. The summed E-state index contributed by atoms with van der Waals surface area (Å²) in [6.45, 7) is 0. The summed E-state index contributed by atoms with van der Waals surface area (Å²) in [5, 5.41) is 0. The van der Waals surface area contributed by atoms with Crippen LogP contribution in [0, 0.1) is 3.57 Å². The second-order valence-electron chi connectivity index (χ2n) is 4.02. The van der Waals surface area contributed by atoms with Gasteiger partial charge in [0.05, 0.1) is 0 Å². The van der Waals surface area contributed by atoms with Crippen LogP contribution in [0.2, 0.25) is 0 Å². The monoisotopic (exact) mass is 460 g/mol. The zero-order valence-corrected chi connectivity index (χ0v) is 14.1. The van der Waals surface area contributed by atoms with Crippen LogP contribution in [0.4, 0.5) is 0 Å². The van der Waals surface area contributed by atoms with Gasteiger partial charge in [-0.1, -0.05) is 0 Å². The van der Waals surface area contributed by atoms with Crippen LogP contribution in [0.5, 0.6) is 0 Å². The van der Waals surface area contributed by atoms with Gasteiger partial charge in [-0.25, -0.2) is 0 Å². The van der Waals surface area contributed by atoms with Gasteiger partial charge in [-0.3, -0.25) is 0 Å². The molecular formula is C16H11ITe. The van der Waals surface area contributed by atoms with Gasteiger partial charge in [-0.15, -0.1) is 0 Å². The summed E-state index contributed by atoms with van der Waals surface area (Å²) in [7, 11) is 0. The fourth-order valence-corrected chi connectivity index (χ4v) is 6.95. The summed E-state index contributed by atoms with van der Waals surface area (Å²) in [5.74, 6) is 0. The Balaban J connectivity index is 2.07. The van der Waals surface area contributed by atoms with Gasteiger partial charge in [0.1, 0.15) is 0 Å². The van der Waals surface area contributed by atoms with Crippen molar-refractivity contribution in [3.8, 4) is 18.3 Å². The third-order valence-electron chi connectivity index (χ3n) is 2.78. The van der Waals surface area contributed by atoms with E-state index in [-0.39, 0.29) is 20.4 Å². The molecule has 0 saturated heterocycles. The van der Waals surface area contributed by atoms with Crippen molar-refractivity contribution in [3.63, 3.8) is 0 Å². The summed E-state index contributed by atoms with van der Waals surface area (Å²) in [6, 6.07) is 23.9. The normalized spacial score (nSPS) is 10.5. The van der Waals surface area contributed by atoms with Crippen LogP contribution in [-0.2, 0) is 0 Å². The Kier molecular flexibility index (Phi) is 3.88.